The molecule has 1 aromatic heterocycles. The topological polar surface area (TPSA) is 70.4 Å². The van der Waals surface area contributed by atoms with Crippen molar-refractivity contribution in [1.29, 1.82) is 0 Å². The van der Waals surface area contributed by atoms with Crippen LogP contribution in [0.4, 0.5) is 0 Å². The lowest BCUT2D eigenvalue weighted by Gasteiger charge is -2.15. The maximum atomic E-state index is 11.8. The van der Waals surface area contributed by atoms with Gasteiger partial charge in [0.15, 0.2) is 17.3 Å². The third kappa shape index (κ3) is 4.06. The van der Waals surface area contributed by atoms with Crippen molar-refractivity contribution in [2.45, 2.75) is 20.3 Å². The second-order valence-electron chi connectivity index (χ2n) is 4.88. The lowest BCUT2D eigenvalue weighted by Crippen LogP contribution is -2.10. The summed E-state index contributed by atoms with van der Waals surface area (Å²) in [6.07, 6.45) is 4.88. The molecule has 0 saturated heterocycles. The number of rotatable bonds is 7. The van der Waals surface area contributed by atoms with Gasteiger partial charge in [-0.3, -0.25) is 0 Å². The normalized spacial score (nSPS) is 11.5. The summed E-state index contributed by atoms with van der Waals surface area (Å²) >= 11 is 3.47. The van der Waals surface area contributed by atoms with Crippen molar-refractivity contribution in [3.63, 3.8) is 0 Å². The van der Waals surface area contributed by atoms with Crippen LogP contribution in [0.2, 0.25) is 0 Å². The molecule has 1 aromatic carbocycles. The van der Waals surface area contributed by atoms with Gasteiger partial charge in [-0.2, -0.15) is 0 Å². The molecule has 0 fully saturated rings. The van der Waals surface area contributed by atoms with Crippen LogP contribution in [0.3, 0.4) is 0 Å². The molecule has 0 bridgehead atoms. The second kappa shape index (κ2) is 7.35. The Morgan fingerprint density at radius 2 is 2.00 bits per heavy atom. The van der Waals surface area contributed by atoms with E-state index in [1.165, 1.54) is 12.4 Å². The van der Waals surface area contributed by atoms with Gasteiger partial charge in [-0.25, -0.2) is 17.4 Å². The first kappa shape index (κ1) is 17.8. The zero-order chi connectivity index (χ0) is 17.0. The van der Waals surface area contributed by atoms with E-state index in [2.05, 4.69) is 20.9 Å². The second-order valence-corrected chi connectivity index (χ2v) is 7.59. The maximum Gasteiger partial charge on any atom is 0.237 e. The number of nitrogens with zero attached hydrogens (tertiary/aromatic N) is 2. The predicted octanol–water partition coefficient (Wildman–Crippen LogP) is 3.31. The number of ether oxygens (including phenoxy) is 2. The fourth-order valence-corrected chi connectivity index (χ4v) is 3.36. The minimum atomic E-state index is -3.43. The Kier molecular flexibility index (Phi) is 5.69. The van der Waals surface area contributed by atoms with E-state index in [-0.39, 0.29) is 0 Å². The maximum absolute atomic E-state index is 11.8. The Morgan fingerprint density at radius 1 is 1.26 bits per heavy atom. The SMILES string of the molecule is CCCOc1c(Br)cc(-c2nccn2S(C)(=O)=O)cc1OCC. The van der Waals surface area contributed by atoms with Crippen LogP contribution in [-0.4, -0.2) is 36.8 Å². The molecule has 0 aliphatic carbocycles. The van der Waals surface area contributed by atoms with Crippen molar-refractivity contribution in [3.05, 3.63) is 29.0 Å². The third-order valence-corrected chi connectivity index (χ3v) is 4.58. The average molecular weight is 403 g/mol. The fourth-order valence-electron chi connectivity index (χ4n) is 2.07. The minimum absolute atomic E-state index is 0.330. The standard InChI is InChI=1S/C15H19BrN2O4S/c1-4-8-22-14-12(16)9-11(10-13(14)21-5-2)15-17-6-7-18(15)23(3,19)20/h6-7,9-10H,4-5,8H2,1-3H3. The van der Waals surface area contributed by atoms with Gasteiger partial charge in [-0.1, -0.05) is 6.92 Å². The molecule has 2 aromatic rings. The minimum Gasteiger partial charge on any atom is -0.490 e. The largest absolute Gasteiger partial charge is 0.490 e. The summed E-state index contributed by atoms with van der Waals surface area (Å²) in [6.45, 7) is 4.93. The van der Waals surface area contributed by atoms with Gasteiger partial charge in [-0.05, 0) is 41.4 Å². The van der Waals surface area contributed by atoms with Crippen LogP contribution in [0, 0.1) is 0 Å². The van der Waals surface area contributed by atoms with E-state index >= 15 is 0 Å². The van der Waals surface area contributed by atoms with Crippen LogP contribution in [0.5, 0.6) is 11.5 Å². The molecule has 1 heterocycles. The molecule has 0 spiro atoms. The summed E-state index contributed by atoms with van der Waals surface area (Å²) in [5.74, 6) is 1.49. The van der Waals surface area contributed by atoms with E-state index < -0.39 is 10.0 Å². The van der Waals surface area contributed by atoms with E-state index in [1.807, 2.05) is 13.8 Å². The smallest absolute Gasteiger partial charge is 0.237 e. The van der Waals surface area contributed by atoms with Crippen molar-refractivity contribution in [2.24, 2.45) is 0 Å². The highest BCUT2D eigenvalue weighted by Crippen LogP contribution is 2.39. The monoisotopic (exact) mass is 402 g/mol. The van der Waals surface area contributed by atoms with Gasteiger partial charge in [0.25, 0.3) is 0 Å². The molecule has 6 nitrogen and oxygen atoms in total. The molecule has 0 atom stereocenters. The Morgan fingerprint density at radius 3 is 2.61 bits per heavy atom. The Balaban J connectivity index is 2.55. The Hall–Kier alpha value is -1.54. The highest BCUT2D eigenvalue weighted by molar-refractivity contribution is 9.10. The van der Waals surface area contributed by atoms with Crippen molar-refractivity contribution >= 4 is 26.0 Å². The van der Waals surface area contributed by atoms with Gasteiger partial charge in [0.1, 0.15) is 0 Å². The van der Waals surface area contributed by atoms with Gasteiger partial charge < -0.3 is 9.47 Å². The van der Waals surface area contributed by atoms with Crippen LogP contribution in [-0.2, 0) is 10.0 Å². The molecular weight excluding hydrogens is 384 g/mol. The van der Waals surface area contributed by atoms with Gasteiger partial charge in [-0.15, -0.1) is 0 Å². The van der Waals surface area contributed by atoms with Gasteiger partial charge in [0, 0.05) is 18.0 Å². The van der Waals surface area contributed by atoms with Crippen LogP contribution in [0.15, 0.2) is 29.0 Å². The zero-order valence-electron chi connectivity index (χ0n) is 13.2. The van der Waals surface area contributed by atoms with Crippen LogP contribution < -0.4 is 9.47 Å². The number of hydrogen-bond donors (Lipinski definition) is 0. The van der Waals surface area contributed by atoms with E-state index in [1.54, 1.807) is 12.1 Å². The van der Waals surface area contributed by atoms with Crippen LogP contribution in [0.25, 0.3) is 11.4 Å². The van der Waals surface area contributed by atoms with E-state index in [0.717, 1.165) is 16.6 Å². The van der Waals surface area contributed by atoms with E-state index in [4.69, 9.17) is 9.47 Å². The summed E-state index contributed by atoms with van der Waals surface area (Å²) in [5, 5.41) is 0. The molecule has 0 aliphatic rings. The molecule has 126 valence electrons. The first-order valence-corrected chi connectivity index (χ1v) is 9.86. The highest BCUT2D eigenvalue weighted by atomic mass is 79.9. The number of hydrogen-bond acceptors (Lipinski definition) is 5. The zero-order valence-corrected chi connectivity index (χ0v) is 15.6. The fraction of sp³-hybridized carbons (Fsp3) is 0.400. The number of imidazole rings is 1. The van der Waals surface area contributed by atoms with Crippen molar-refractivity contribution in [2.75, 3.05) is 19.5 Å². The predicted molar refractivity (Wildman–Crippen MR) is 92.6 cm³/mol. The summed E-state index contributed by atoms with van der Waals surface area (Å²) in [6, 6.07) is 3.51. The van der Waals surface area contributed by atoms with Gasteiger partial charge in [0.05, 0.1) is 23.9 Å². The third-order valence-electron chi connectivity index (χ3n) is 2.98. The summed E-state index contributed by atoms with van der Waals surface area (Å²) in [4.78, 5) is 4.15. The molecule has 0 unspecified atom stereocenters. The lowest BCUT2D eigenvalue weighted by atomic mass is 10.2. The average Bonchev–Trinajstić information content (AvgIpc) is 2.96. The molecule has 8 heteroatoms. The Labute approximate surface area is 144 Å². The Bertz CT molecular complexity index is 787. The van der Waals surface area contributed by atoms with E-state index in [9.17, 15) is 8.42 Å². The number of aromatic nitrogens is 2. The van der Waals surface area contributed by atoms with Crippen molar-refractivity contribution in [3.8, 4) is 22.9 Å². The molecule has 0 saturated carbocycles. The summed E-state index contributed by atoms with van der Waals surface area (Å²) in [7, 11) is -3.43. The molecule has 0 aliphatic heterocycles. The molecule has 0 radical (unpaired) electrons. The molecule has 23 heavy (non-hydrogen) atoms. The first-order chi connectivity index (χ1) is 10.9. The molecule has 0 N–H and O–H groups in total. The first-order valence-electron chi connectivity index (χ1n) is 7.21. The van der Waals surface area contributed by atoms with Crippen molar-refractivity contribution in [1.82, 2.24) is 8.96 Å². The van der Waals surface area contributed by atoms with E-state index in [0.29, 0.717) is 40.6 Å². The lowest BCUT2D eigenvalue weighted by molar-refractivity contribution is 0.275. The van der Waals surface area contributed by atoms with Crippen LogP contribution >= 0.6 is 15.9 Å². The quantitative estimate of drug-likeness (QED) is 0.710. The molecule has 0 amide bonds. The molecular formula is C15H19BrN2O4S. The number of benzene rings is 1. The van der Waals surface area contributed by atoms with Crippen LogP contribution in [0.1, 0.15) is 20.3 Å². The van der Waals surface area contributed by atoms with Gasteiger partial charge in [0.2, 0.25) is 10.0 Å². The van der Waals surface area contributed by atoms with Crippen molar-refractivity contribution < 1.29 is 17.9 Å². The highest BCUT2D eigenvalue weighted by Gasteiger charge is 2.18. The molecule has 2 rings (SSSR count). The summed E-state index contributed by atoms with van der Waals surface area (Å²) < 4.78 is 36.9. The number of halogens is 1. The van der Waals surface area contributed by atoms with Gasteiger partial charge >= 0.3 is 0 Å². The summed E-state index contributed by atoms with van der Waals surface area (Å²) in [5.41, 5.74) is 0.625.